The number of carbonyl (C=O) groups is 2. The van der Waals surface area contributed by atoms with Crippen molar-refractivity contribution in [3.63, 3.8) is 0 Å². The maximum Gasteiger partial charge on any atom is 0.435 e. The van der Waals surface area contributed by atoms with E-state index in [0.29, 0.717) is 11.3 Å². The van der Waals surface area contributed by atoms with Gasteiger partial charge >= 0.3 is 12.4 Å². The summed E-state index contributed by atoms with van der Waals surface area (Å²) in [6, 6.07) is 6.76. The van der Waals surface area contributed by atoms with E-state index in [0.717, 1.165) is 0 Å². The van der Waals surface area contributed by atoms with Gasteiger partial charge in [-0.25, -0.2) is 0 Å². The van der Waals surface area contributed by atoms with Crippen LogP contribution in [0.5, 0.6) is 11.5 Å². The Kier molecular flexibility index (Phi) is 7.23. The van der Waals surface area contributed by atoms with Gasteiger partial charge in [0.25, 0.3) is 11.8 Å². The van der Waals surface area contributed by atoms with Crippen LogP contribution in [-0.2, 0) is 18.9 Å². The predicted octanol–water partition coefficient (Wildman–Crippen LogP) is 5.40. The van der Waals surface area contributed by atoms with Crippen molar-refractivity contribution in [1.82, 2.24) is 15.1 Å². The average molecular weight is 556 g/mol. The maximum absolute atomic E-state index is 13.3. The second-order valence-electron chi connectivity index (χ2n) is 9.02. The number of anilines is 1. The van der Waals surface area contributed by atoms with Crippen molar-refractivity contribution >= 4 is 17.5 Å². The molecule has 0 aliphatic carbocycles. The van der Waals surface area contributed by atoms with E-state index in [2.05, 4.69) is 15.7 Å². The molecule has 4 rings (SSSR count). The van der Waals surface area contributed by atoms with E-state index in [-0.39, 0.29) is 51.7 Å². The normalized spacial score (nSPS) is 13.1. The van der Waals surface area contributed by atoms with Crippen molar-refractivity contribution in [1.29, 1.82) is 0 Å². The molecule has 1 aliphatic heterocycles. The molecule has 0 radical (unpaired) electrons. The Morgan fingerprint density at radius 2 is 1.72 bits per heavy atom. The monoisotopic (exact) mass is 556 g/mol. The topological polar surface area (TPSA) is 94.5 Å². The lowest BCUT2D eigenvalue weighted by atomic mass is 10.0. The number of alkyl halides is 6. The minimum atomic E-state index is -5.05. The number of ether oxygens (including phenoxy) is 2. The smallest absolute Gasteiger partial charge is 0.435 e. The van der Waals surface area contributed by atoms with Crippen molar-refractivity contribution < 1.29 is 45.4 Å². The number of hydrogen-bond acceptors (Lipinski definition) is 5. The molecule has 2 N–H and O–H groups in total. The fraction of sp³-hybridized carbons (Fsp3) is 0.320. The largest absolute Gasteiger partial charge is 0.454 e. The van der Waals surface area contributed by atoms with Crippen molar-refractivity contribution in [3.8, 4) is 11.5 Å². The molecule has 0 saturated carbocycles. The van der Waals surface area contributed by atoms with Crippen LogP contribution in [0, 0.1) is 6.92 Å². The van der Waals surface area contributed by atoms with Crippen LogP contribution < -0.4 is 20.1 Å². The molecule has 0 spiro atoms. The number of fused-ring (bicyclic) bond motifs is 1. The van der Waals surface area contributed by atoms with Crippen LogP contribution in [0.2, 0.25) is 0 Å². The van der Waals surface area contributed by atoms with Crippen LogP contribution in [-0.4, -0.2) is 34.4 Å². The molecule has 14 heteroatoms. The molecular formula is C25H22F6N4O4. The fourth-order valence-electron chi connectivity index (χ4n) is 3.95. The summed E-state index contributed by atoms with van der Waals surface area (Å²) in [6.07, 6.45) is -10.1. The SMILES string of the molecule is Cc1cc(Cn2nc(C(F)(F)F)cc2C(F)(F)F)ccc1NC(=O)c1ccc2c(c1C(=O)NC(C)C)OCO2. The third kappa shape index (κ3) is 5.94. The Labute approximate surface area is 217 Å². The van der Waals surface area contributed by atoms with Gasteiger partial charge in [0.15, 0.2) is 17.2 Å². The molecular weight excluding hydrogens is 534 g/mol. The van der Waals surface area contributed by atoms with Gasteiger partial charge in [-0.2, -0.15) is 31.4 Å². The lowest BCUT2D eigenvalue weighted by Crippen LogP contribution is -2.32. The number of halogens is 6. The number of nitrogens with zero attached hydrogens (tertiary/aromatic N) is 2. The molecule has 0 fully saturated rings. The Bertz CT molecular complexity index is 1430. The summed E-state index contributed by atoms with van der Waals surface area (Å²) >= 11 is 0. The van der Waals surface area contributed by atoms with Gasteiger partial charge < -0.3 is 20.1 Å². The van der Waals surface area contributed by atoms with Gasteiger partial charge in [0, 0.05) is 17.8 Å². The highest BCUT2D eigenvalue weighted by molar-refractivity contribution is 6.14. The van der Waals surface area contributed by atoms with Crippen molar-refractivity contribution in [2.45, 2.75) is 45.7 Å². The number of aromatic nitrogens is 2. The predicted molar refractivity (Wildman–Crippen MR) is 126 cm³/mol. The molecule has 0 bridgehead atoms. The maximum atomic E-state index is 13.3. The lowest BCUT2D eigenvalue weighted by Gasteiger charge is -2.16. The number of amides is 2. The molecule has 2 amide bonds. The first-order valence-electron chi connectivity index (χ1n) is 11.5. The Morgan fingerprint density at radius 3 is 2.33 bits per heavy atom. The van der Waals surface area contributed by atoms with E-state index in [1.54, 1.807) is 20.8 Å². The minimum Gasteiger partial charge on any atom is -0.454 e. The summed E-state index contributed by atoms with van der Waals surface area (Å²) in [4.78, 5) is 26.0. The van der Waals surface area contributed by atoms with Gasteiger partial charge in [-0.15, -0.1) is 0 Å². The third-order valence-corrected chi connectivity index (χ3v) is 5.66. The zero-order valence-corrected chi connectivity index (χ0v) is 20.8. The highest BCUT2D eigenvalue weighted by Gasteiger charge is 2.41. The molecule has 0 unspecified atom stereocenters. The van der Waals surface area contributed by atoms with Crippen LogP contribution in [0.3, 0.4) is 0 Å². The quantitative estimate of drug-likeness (QED) is 0.397. The second-order valence-corrected chi connectivity index (χ2v) is 9.02. The first-order chi connectivity index (χ1) is 18.1. The van der Waals surface area contributed by atoms with E-state index in [4.69, 9.17) is 9.47 Å². The summed E-state index contributed by atoms with van der Waals surface area (Å²) in [5.41, 5.74) is -2.34. The molecule has 1 aliphatic rings. The third-order valence-electron chi connectivity index (χ3n) is 5.66. The van der Waals surface area contributed by atoms with E-state index >= 15 is 0 Å². The Hall–Kier alpha value is -4.23. The number of aryl methyl sites for hydroxylation is 1. The van der Waals surface area contributed by atoms with Crippen LogP contribution in [0.15, 0.2) is 36.4 Å². The van der Waals surface area contributed by atoms with E-state index < -0.39 is 42.1 Å². The van der Waals surface area contributed by atoms with Crippen LogP contribution in [0.1, 0.15) is 57.1 Å². The van der Waals surface area contributed by atoms with E-state index in [1.165, 1.54) is 30.3 Å². The van der Waals surface area contributed by atoms with Crippen LogP contribution in [0.25, 0.3) is 0 Å². The molecule has 208 valence electrons. The molecule has 1 aromatic heterocycles. The lowest BCUT2D eigenvalue weighted by molar-refractivity contribution is -0.144. The number of benzene rings is 2. The van der Waals surface area contributed by atoms with E-state index in [9.17, 15) is 35.9 Å². The van der Waals surface area contributed by atoms with Gasteiger partial charge in [0.1, 0.15) is 5.69 Å². The van der Waals surface area contributed by atoms with Crippen molar-refractivity contribution in [3.05, 3.63) is 70.0 Å². The Balaban J connectivity index is 1.60. The molecule has 2 aromatic carbocycles. The Morgan fingerprint density at radius 1 is 1.00 bits per heavy atom. The molecule has 39 heavy (non-hydrogen) atoms. The van der Waals surface area contributed by atoms with Crippen molar-refractivity contribution in [2.24, 2.45) is 0 Å². The molecule has 0 saturated heterocycles. The van der Waals surface area contributed by atoms with Gasteiger partial charge in [-0.3, -0.25) is 14.3 Å². The summed E-state index contributed by atoms with van der Waals surface area (Å²) in [5, 5.41) is 8.45. The summed E-state index contributed by atoms with van der Waals surface area (Å²) in [7, 11) is 0. The number of carbonyl (C=O) groups excluding carboxylic acids is 2. The average Bonchev–Trinajstić information content (AvgIpc) is 3.46. The molecule has 2 heterocycles. The highest BCUT2D eigenvalue weighted by atomic mass is 19.4. The number of hydrogen-bond donors (Lipinski definition) is 2. The molecule has 3 aromatic rings. The second kappa shape index (κ2) is 10.2. The number of nitrogens with one attached hydrogen (secondary N) is 2. The molecule has 0 atom stereocenters. The summed E-state index contributed by atoms with van der Waals surface area (Å²) in [6.45, 7) is 4.32. The van der Waals surface area contributed by atoms with Gasteiger partial charge in [0.05, 0.1) is 17.7 Å². The molecule has 8 nitrogen and oxygen atoms in total. The highest BCUT2D eigenvalue weighted by Crippen LogP contribution is 2.38. The number of rotatable bonds is 6. The van der Waals surface area contributed by atoms with Crippen LogP contribution >= 0.6 is 0 Å². The van der Waals surface area contributed by atoms with Crippen molar-refractivity contribution in [2.75, 3.05) is 12.1 Å². The first kappa shape index (κ1) is 27.8. The summed E-state index contributed by atoms with van der Waals surface area (Å²) in [5.74, 6) is -0.806. The van der Waals surface area contributed by atoms with Crippen LogP contribution in [0.4, 0.5) is 32.0 Å². The zero-order valence-electron chi connectivity index (χ0n) is 20.8. The minimum absolute atomic E-state index is 0.00748. The van der Waals surface area contributed by atoms with Gasteiger partial charge in [-0.05, 0) is 50.1 Å². The van der Waals surface area contributed by atoms with Gasteiger partial charge in [0.2, 0.25) is 6.79 Å². The standard InChI is InChI=1S/C25H22F6N4O4/c1-12(2)32-23(37)20-15(5-7-17-21(20)39-11-38-17)22(36)33-16-6-4-14(8-13(16)3)10-35-19(25(29,30)31)9-18(34-35)24(26,27)28/h4-9,12H,10-11H2,1-3H3,(H,32,37)(H,33,36). The summed E-state index contributed by atoms with van der Waals surface area (Å²) < 4.78 is 89.8. The van der Waals surface area contributed by atoms with E-state index in [1.807, 2.05) is 0 Å². The first-order valence-corrected chi connectivity index (χ1v) is 11.5. The zero-order chi connectivity index (χ0) is 28.7. The fourth-order valence-corrected chi connectivity index (χ4v) is 3.95. The van der Waals surface area contributed by atoms with Gasteiger partial charge in [-0.1, -0.05) is 12.1 Å².